The number of fused-ring (bicyclic) bond motifs is 1. The van der Waals surface area contributed by atoms with Crippen molar-refractivity contribution in [2.24, 2.45) is 5.84 Å². The van der Waals surface area contributed by atoms with Gasteiger partial charge in [0, 0.05) is 17.8 Å². The van der Waals surface area contributed by atoms with Crippen LogP contribution >= 0.6 is 0 Å². The number of anilines is 2. The molecule has 3 rings (SSSR count). The topological polar surface area (TPSA) is 92.9 Å². The number of para-hydroxylation sites is 1. The molecule has 0 saturated heterocycles. The second kappa shape index (κ2) is 5.56. The molecular formula is C15H13N5O. The Kier molecular flexibility index (Phi) is 3.44. The number of nitrogens with one attached hydrogen (secondary N) is 2. The summed E-state index contributed by atoms with van der Waals surface area (Å²) >= 11 is 0. The first-order valence-corrected chi connectivity index (χ1v) is 6.36. The Labute approximate surface area is 121 Å². The van der Waals surface area contributed by atoms with Crippen LogP contribution in [0.5, 0.6) is 0 Å². The minimum atomic E-state index is -0.297. The van der Waals surface area contributed by atoms with Crippen LogP contribution in [-0.2, 0) is 0 Å². The molecule has 0 bridgehead atoms. The summed E-state index contributed by atoms with van der Waals surface area (Å²) in [6.45, 7) is 0. The Morgan fingerprint density at radius 1 is 1.00 bits per heavy atom. The molecule has 0 fully saturated rings. The van der Waals surface area contributed by atoms with E-state index < -0.39 is 0 Å². The molecule has 0 radical (unpaired) electrons. The Morgan fingerprint density at radius 2 is 1.76 bits per heavy atom. The zero-order valence-electron chi connectivity index (χ0n) is 11.1. The number of hydrogen-bond acceptors (Lipinski definition) is 5. The van der Waals surface area contributed by atoms with Crippen LogP contribution in [0, 0.1) is 0 Å². The molecule has 0 aliphatic carbocycles. The van der Waals surface area contributed by atoms with Gasteiger partial charge in [0.15, 0.2) is 5.82 Å². The fraction of sp³-hybridized carbons (Fsp3) is 0. The fourth-order valence-electron chi connectivity index (χ4n) is 2.10. The summed E-state index contributed by atoms with van der Waals surface area (Å²) in [7, 11) is 0. The van der Waals surface area contributed by atoms with Crippen molar-refractivity contribution in [2.45, 2.75) is 0 Å². The van der Waals surface area contributed by atoms with Gasteiger partial charge in [0.25, 0.3) is 5.91 Å². The van der Waals surface area contributed by atoms with E-state index in [1.807, 2.05) is 24.3 Å². The first-order chi connectivity index (χ1) is 10.3. The quantitative estimate of drug-likeness (QED) is 0.504. The molecular weight excluding hydrogens is 266 g/mol. The van der Waals surface area contributed by atoms with E-state index in [-0.39, 0.29) is 5.91 Å². The number of hydrazine groups is 1. The molecule has 6 heteroatoms. The van der Waals surface area contributed by atoms with Gasteiger partial charge in [-0.3, -0.25) is 9.78 Å². The highest BCUT2D eigenvalue weighted by Crippen LogP contribution is 2.22. The van der Waals surface area contributed by atoms with Gasteiger partial charge in [0.05, 0.1) is 16.8 Å². The average molecular weight is 279 g/mol. The second-order valence-corrected chi connectivity index (χ2v) is 4.38. The van der Waals surface area contributed by atoms with E-state index in [0.717, 1.165) is 10.9 Å². The van der Waals surface area contributed by atoms with Crippen LogP contribution in [0.4, 0.5) is 11.5 Å². The highest BCUT2D eigenvalue weighted by atomic mass is 16.1. The van der Waals surface area contributed by atoms with Gasteiger partial charge in [-0.15, -0.1) is 0 Å². The molecule has 0 spiro atoms. The number of aromatic nitrogens is 2. The lowest BCUT2D eigenvalue weighted by Gasteiger charge is -2.10. The maximum Gasteiger partial charge on any atom is 0.259 e. The average Bonchev–Trinajstić information content (AvgIpc) is 2.55. The number of benzene rings is 1. The number of rotatable bonds is 3. The molecule has 1 aromatic carbocycles. The summed E-state index contributed by atoms with van der Waals surface area (Å²) in [6.07, 6.45) is 3.25. The van der Waals surface area contributed by atoms with E-state index in [2.05, 4.69) is 20.7 Å². The summed E-state index contributed by atoms with van der Waals surface area (Å²) in [6, 6.07) is 12.7. The number of hydrogen-bond donors (Lipinski definition) is 3. The van der Waals surface area contributed by atoms with Crippen molar-refractivity contribution in [3.8, 4) is 0 Å². The lowest BCUT2D eigenvalue weighted by atomic mass is 10.1. The van der Waals surface area contributed by atoms with Gasteiger partial charge in [-0.25, -0.2) is 10.8 Å². The minimum Gasteiger partial charge on any atom is -0.320 e. The number of nitrogen functional groups attached to an aromatic ring is 1. The molecule has 3 aromatic rings. The third-order valence-corrected chi connectivity index (χ3v) is 3.07. The lowest BCUT2D eigenvalue weighted by molar-refractivity contribution is 0.102. The van der Waals surface area contributed by atoms with Crippen LogP contribution in [0.25, 0.3) is 10.9 Å². The molecule has 0 atom stereocenters. The maximum atomic E-state index is 12.4. The Morgan fingerprint density at radius 3 is 2.62 bits per heavy atom. The largest absolute Gasteiger partial charge is 0.320 e. The molecule has 2 aromatic heterocycles. The van der Waals surface area contributed by atoms with Gasteiger partial charge < -0.3 is 10.7 Å². The molecule has 21 heavy (non-hydrogen) atoms. The molecule has 0 aliphatic heterocycles. The van der Waals surface area contributed by atoms with E-state index in [0.29, 0.717) is 17.1 Å². The Balaban J connectivity index is 1.97. The zero-order valence-corrected chi connectivity index (χ0v) is 11.1. The highest BCUT2D eigenvalue weighted by Gasteiger charge is 2.13. The lowest BCUT2D eigenvalue weighted by Crippen LogP contribution is -2.18. The van der Waals surface area contributed by atoms with Crippen LogP contribution in [0.15, 0.2) is 54.9 Å². The van der Waals surface area contributed by atoms with Crippen LogP contribution < -0.4 is 16.6 Å². The number of nitrogens with two attached hydrogens (primary N) is 1. The van der Waals surface area contributed by atoms with Crippen molar-refractivity contribution < 1.29 is 4.79 Å². The van der Waals surface area contributed by atoms with Crippen molar-refractivity contribution in [3.05, 3.63) is 60.4 Å². The molecule has 0 saturated carbocycles. The van der Waals surface area contributed by atoms with E-state index in [1.54, 1.807) is 30.6 Å². The number of nitrogens with zero attached hydrogens (tertiary/aromatic N) is 2. The number of carbonyl (C=O) groups excluding carboxylic acids is 1. The molecule has 0 unspecified atom stereocenters. The van der Waals surface area contributed by atoms with Crippen LogP contribution in [0.2, 0.25) is 0 Å². The fourth-order valence-corrected chi connectivity index (χ4v) is 2.10. The molecule has 0 aliphatic rings. The van der Waals surface area contributed by atoms with E-state index >= 15 is 0 Å². The van der Waals surface area contributed by atoms with Gasteiger partial charge >= 0.3 is 0 Å². The third kappa shape index (κ3) is 2.52. The van der Waals surface area contributed by atoms with E-state index in [9.17, 15) is 4.79 Å². The van der Waals surface area contributed by atoms with Crippen molar-refractivity contribution in [3.63, 3.8) is 0 Å². The SMILES string of the molecule is NNc1ncccc1C(=O)Nc1cccc2cccnc12. The van der Waals surface area contributed by atoms with Gasteiger partial charge in [0.2, 0.25) is 0 Å². The summed E-state index contributed by atoms with van der Waals surface area (Å²) < 4.78 is 0. The summed E-state index contributed by atoms with van der Waals surface area (Å²) in [5.74, 6) is 5.39. The number of amides is 1. The van der Waals surface area contributed by atoms with Gasteiger partial charge in [-0.05, 0) is 24.3 Å². The van der Waals surface area contributed by atoms with Crippen molar-refractivity contribution in [1.82, 2.24) is 9.97 Å². The Bertz CT molecular complexity index is 797. The normalized spacial score (nSPS) is 10.3. The number of pyridine rings is 2. The van der Waals surface area contributed by atoms with Crippen LogP contribution in [0.1, 0.15) is 10.4 Å². The monoisotopic (exact) mass is 279 g/mol. The summed E-state index contributed by atoms with van der Waals surface area (Å²) in [5.41, 5.74) is 4.16. The minimum absolute atomic E-state index is 0.297. The third-order valence-electron chi connectivity index (χ3n) is 3.07. The highest BCUT2D eigenvalue weighted by molar-refractivity contribution is 6.10. The Hall–Kier alpha value is -2.99. The predicted octanol–water partition coefficient (Wildman–Crippen LogP) is 2.17. The predicted molar refractivity (Wildman–Crippen MR) is 81.7 cm³/mol. The molecule has 104 valence electrons. The second-order valence-electron chi connectivity index (χ2n) is 4.38. The first kappa shape index (κ1) is 13.0. The van der Waals surface area contributed by atoms with Crippen LogP contribution in [0.3, 0.4) is 0 Å². The van der Waals surface area contributed by atoms with Gasteiger partial charge in [0.1, 0.15) is 0 Å². The molecule has 4 N–H and O–H groups in total. The van der Waals surface area contributed by atoms with E-state index in [1.165, 1.54) is 0 Å². The standard InChI is InChI=1S/C15H13N5O/c16-20-14-11(6-3-9-18-14)15(21)19-12-7-1-4-10-5-2-8-17-13(10)12/h1-9H,16H2,(H,18,20)(H,19,21). The smallest absolute Gasteiger partial charge is 0.259 e. The van der Waals surface area contributed by atoms with Gasteiger partial charge in [-0.2, -0.15) is 0 Å². The van der Waals surface area contributed by atoms with Gasteiger partial charge in [-0.1, -0.05) is 18.2 Å². The van der Waals surface area contributed by atoms with E-state index in [4.69, 9.17) is 5.84 Å². The summed E-state index contributed by atoms with van der Waals surface area (Å²) in [4.78, 5) is 20.7. The van der Waals surface area contributed by atoms with Crippen molar-refractivity contribution >= 4 is 28.3 Å². The molecule has 2 heterocycles. The van der Waals surface area contributed by atoms with Crippen molar-refractivity contribution in [2.75, 3.05) is 10.7 Å². The molecule has 1 amide bonds. The molecule has 6 nitrogen and oxygen atoms in total. The van der Waals surface area contributed by atoms with Crippen molar-refractivity contribution in [1.29, 1.82) is 0 Å². The maximum absolute atomic E-state index is 12.4. The zero-order chi connectivity index (χ0) is 14.7. The number of carbonyl (C=O) groups is 1. The van der Waals surface area contributed by atoms with Crippen LogP contribution in [-0.4, -0.2) is 15.9 Å². The first-order valence-electron chi connectivity index (χ1n) is 6.36. The summed E-state index contributed by atoms with van der Waals surface area (Å²) in [5, 5.41) is 3.80.